The Balaban J connectivity index is 1.21. The quantitative estimate of drug-likeness (QED) is 0.327. The first-order valence-electron chi connectivity index (χ1n) is 10.2. The second-order valence-electron chi connectivity index (χ2n) is 7.79. The van der Waals surface area contributed by atoms with Crippen molar-refractivity contribution in [2.45, 2.75) is 25.3 Å². The fraction of sp³-hybridized carbons (Fsp3) is 0.350. The summed E-state index contributed by atoms with van der Waals surface area (Å²) in [5.74, 6) is 6.45. The zero-order chi connectivity index (χ0) is 21.2. The summed E-state index contributed by atoms with van der Waals surface area (Å²) in [6.45, 7) is 1.48. The van der Waals surface area contributed by atoms with E-state index in [1.807, 2.05) is 17.2 Å². The van der Waals surface area contributed by atoms with Gasteiger partial charge in [0.05, 0.1) is 5.56 Å². The van der Waals surface area contributed by atoms with Crippen molar-refractivity contribution in [3.63, 3.8) is 0 Å². The van der Waals surface area contributed by atoms with Gasteiger partial charge in [-0.15, -0.1) is 5.10 Å². The second-order valence-corrected chi connectivity index (χ2v) is 7.79. The Morgan fingerprint density at radius 3 is 2.87 bits per heavy atom. The molecule has 31 heavy (non-hydrogen) atoms. The third-order valence-corrected chi connectivity index (χ3v) is 5.72. The highest BCUT2D eigenvalue weighted by Gasteiger charge is 2.28. The molecule has 3 aromatic heterocycles. The molecule has 0 aromatic carbocycles. The van der Waals surface area contributed by atoms with Gasteiger partial charge in [-0.3, -0.25) is 10.8 Å². The molecule has 160 valence electrons. The van der Waals surface area contributed by atoms with Crippen LogP contribution >= 0.6 is 0 Å². The minimum absolute atomic E-state index is 0.192. The van der Waals surface area contributed by atoms with E-state index < -0.39 is 0 Å². The van der Waals surface area contributed by atoms with E-state index >= 15 is 0 Å². The number of hydrogen-bond donors (Lipinski definition) is 4. The number of nitrogens with zero attached hydrogens (tertiary/aromatic N) is 6. The van der Waals surface area contributed by atoms with Crippen LogP contribution in [0.1, 0.15) is 17.7 Å². The van der Waals surface area contributed by atoms with Crippen molar-refractivity contribution in [1.82, 2.24) is 30.6 Å². The first-order chi connectivity index (χ1) is 15.2. The molecule has 2 aliphatic rings. The molecule has 1 fully saturated rings. The number of aromatic nitrogens is 5. The molecule has 11 nitrogen and oxygen atoms in total. The molecule has 0 radical (unpaired) electrons. The van der Waals surface area contributed by atoms with Crippen LogP contribution in [0.4, 0.5) is 12.0 Å². The van der Waals surface area contributed by atoms with Gasteiger partial charge < -0.3 is 25.8 Å². The zero-order valence-corrected chi connectivity index (χ0v) is 16.9. The van der Waals surface area contributed by atoms with Crippen LogP contribution in [0, 0.1) is 5.92 Å². The predicted molar refractivity (Wildman–Crippen MR) is 114 cm³/mol. The number of nitrogens with one attached hydrogen (secondary N) is 2. The number of anilines is 2. The highest BCUT2D eigenvalue weighted by atomic mass is 16.4. The number of fused-ring (bicyclic) bond motifs is 1. The van der Waals surface area contributed by atoms with E-state index in [1.165, 1.54) is 5.56 Å². The number of pyridine rings is 1. The average Bonchev–Trinajstić information content (AvgIpc) is 3.53. The maximum atomic E-state index is 6.02. The summed E-state index contributed by atoms with van der Waals surface area (Å²) in [6.07, 6.45) is 9.50. The molecule has 11 heteroatoms. The lowest BCUT2D eigenvalue weighted by Gasteiger charge is -2.13. The van der Waals surface area contributed by atoms with Crippen molar-refractivity contribution in [3.05, 3.63) is 53.9 Å². The van der Waals surface area contributed by atoms with Crippen LogP contribution in [0.25, 0.3) is 11.5 Å². The second kappa shape index (κ2) is 8.19. The topological polar surface area (TPSA) is 157 Å². The lowest BCUT2D eigenvalue weighted by Crippen LogP contribution is -2.24. The Kier molecular flexibility index (Phi) is 5.08. The Morgan fingerprint density at radius 1 is 1.19 bits per heavy atom. The lowest BCUT2D eigenvalue weighted by molar-refractivity contribution is 0.553. The molecule has 5 rings (SSSR count). The average molecular weight is 420 g/mol. The minimum Gasteiger partial charge on any atom is -0.403 e. The van der Waals surface area contributed by atoms with E-state index in [0.29, 0.717) is 35.7 Å². The van der Waals surface area contributed by atoms with Crippen LogP contribution < -0.4 is 27.2 Å². The monoisotopic (exact) mass is 420 g/mol. The molecule has 0 spiro atoms. The van der Waals surface area contributed by atoms with Gasteiger partial charge in [-0.2, -0.15) is 0 Å². The van der Waals surface area contributed by atoms with Crippen LogP contribution in [0.5, 0.6) is 0 Å². The summed E-state index contributed by atoms with van der Waals surface area (Å²) in [5.41, 5.74) is 12.3. The van der Waals surface area contributed by atoms with Crippen molar-refractivity contribution in [1.29, 1.82) is 0 Å². The number of nitrogens with two attached hydrogens (primary N) is 2. The fourth-order valence-corrected chi connectivity index (χ4v) is 4.09. The smallest absolute Gasteiger partial charge is 0.318 e. The molecule has 4 heterocycles. The van der Waals surface area contributed by atoms with Crippen molar-refractivity contribution < 1.29 is 4.42 Å². The van der Waals surface area contributed by atoms with E-state index in [4.69, 9.17) is 16.0 Å². The molecule has 2 unspecified atom stereocenters. The summed E-state index contributed by atoms with van der Waals surface area (Å²) in [7, 11) is 0. The zero-order valence-electron chi connectivity index (χ0n) is 16.9. The van der Waals surface area contributed by atoms with Crippen LogP contribution in [0.2, 0.25) is 0 Å². The molecule has 0 bridgehead atoms. The molecule has 1 aliphatic carbocycles. The number of hydrogen-bond acceptors (Lipinski definition) is 11. The van der Waals surface area contributed by atoms with E-state index in [1.54, 1.807) is 18.6 Å². The Hall–Kier alpha value is -3.73. The van der Waals surface area contributed by atoms with Crippen molar-refractivity contribution >= 4 is 12.0 Å². The molecule has 0 amide bonds. The van der Waals surface area contributed by atoms with E-state index in [0.717, 1.165) is 31.5 Å². The minimum atomic E-state index is 0.192. The molecular weight excluding hydrogens is 396 g/mol. The van der Waals surface area contributed by atoms with Gasteiger partial charge in [0.2, 0.25) is 5.95 Å². The van der Waals surface area contributed by atoms with E-state index in [2.05, 4.69) is 42.0 Å². The summed E-state index contributed by atoms with van der Waals surface area (Å²) < 4.78 is 5.85. The Bertz CT molecular complexity index is 1050. The van der Waals surface area contributed by atoms with Crippen LogP contribution in [0.15, 0.2) is 47.0 Å². The highest BCUT2D eigenvalue weighted by Crippen LogP contribution is 2.28. The van der Waals surface area contributed by atoms with Crippen LogP contribution in [0.3, 0.4) is 0 Å². The molecule has 0 saturated carbocycles. The van der Waals surface area contributed by atoms with Gasteiger partial charge in [-0.1, -0.05) is 11.2 Å². The molecule has 3 aromatic rings. The first-order valence-corrected chi connectivity index (χ1v) is 10.2. The van der Waals surface area contributed by atoms with Gasteiger partial charge in [-0.25, -0.2) is 9.97 Å². The molecule has 1 saturated heterocycles. The molecule has 6 N–H and O–H groups in total. The van der Waals surface area contributed by atoms with Gasteiger partial charge in [0.15, 0.2) is 0 Å². The summed E-state index contributed by atoms with van der Waals surface area (Å²) in [6, 6.07) is 4.79. The summed E-state index contributed by atoms with van der Waals surface area (Å²) >= 11 is 0. The summed E-state index contributed by atoms with van der Waals surface area (Å²) in [5, 5.41) is 11.7. The summed E-state index contributed by atoms with van der Waals surface area (Å²) in [4.78, 5) is 15.3. The van der Waals surface area contributed by atoms with E-state index in [9.17, 15) is 0 Å². The Morgan fingerprint density at radius 2 is 2.06 bits per heavy atom. The molecule has 2 atom stereocenters. The number of hydrazine groups is 1. The van der Waals surface area contributed by atoms with Gasteiger partial charge >= 0.3 is 6.01 Å². The standard InChI is InChI=1S/C20H24N10O/c21-16(10-26-22)13-3-5-30(11-13)20-29-28-18(31-20)14-8-24-19(25-9-14)27-15-6-12-2-1-4-23-17(12)7-15/h1-2,4,8-10,13,15,26H,3,5-7,11,21-22H2,(H,24,25,27)/b16-10-. The number of rotatable bonds is 6. The predicted octanol–water partition coefficient (Wildman–Crippen LogP) is 0.591. The largest absolute Gasteiger partial charge is 0.403 e. The van der Waals surface area contributed by atoms with Gasteiger partial charge in [0.25, 0.3) is 5.89 Å². The molecule has 1 aliphatic heterocycles. The SMILES string of the molecule is NN/C=C(\N)C1CCN(c2nnc(-c3cnc(NC4Cc5cccnc5C4)nc3)o2)C1. The fourth-order valence-electron chi connectivity index (χ4n) is 4.09. The van der Waals surface area contributed by atoms with Crippen molar-refractivity contribution in [2.24, 2.45) is 17.5 Å². The maximum absolute atomic E-state index is 6.02. The van der Waals surface area contributed by atoms with Crippen LogP contribution in [-0.4, -0.2) is 44.3 Å². The maximum Gasteiger partial charge on any atom is 0.318 e. The van der Waals surface area contributed by atoms with Crippen molar-refractivity contribution in [3.8, 4) is 11.5 Å². The third kappa shape index (κ3) is 3.99. The normalized spacial score (nSPS) is 20.7. The third-order valence-electron chi connectivity index (χ3n) is 5.72. The first kappa shape index (κ1) is 19.2. The van der Waals surface area contributed by atoms with Gasteiger partial charge in [-0.05, 0) is 24.5 Å². The van der Waals surface area contributed by atoms with E-state index in [-0.39, 0.29) is 12.0 Å². The van der Waals surface area contributed by atoms with Gasteiger partial charge in [0.1, 0.15) is 0 Å². The highest BCUT2D eigenvalue weighted by molar-refractivity contribution is 5.52. The molecular formula is C20H24N10O. The Labute approximate surface area is 178 Å². The van der Waals surface area contributed by atoms with Crippen LogP contribution in [-0.2, 0) is 12.8 Å². The van der Waals surface area contributed by atoms with Crippen molar-refractivity contribution in [2.75, 3.05) is 23.3 Å². The lowest BCUT2D eigenvalue weighted by atomic mass is 10.1. The van der Waals surface area contributed by atoms with Gasteiger partial charge in [0, 0.05) is 67.7 Å².